The van der Waals surface area contributed by atoms with Gasteiger partial charge in [-0.1, -0.05) is 12.5 Å². The van der Waals surface area contributed by atoms with Crippen molar-refractivity contribution in [3.05, 3.63) is 116 Å². The summed E-state index contributed by atoms with van der Waals surface area (Å²) in [5.41, 5.74) is 1.24. The second kappa shape index (κ2) is 12.9. The monoisotopic (exact) mass is 626 g/mol. The van der Waals surface area contributed by atoms with Crippen molar-refractivity contribution in [2.75, 3.05) is 42.7 Å². The van der Waals surface area contributed by atoms with E-state index in [4.69, 9.17) is 28.4 Å². The van der Waals surface area contributed by atoms with E-state index in [1.54, 1.807) is 13.8 Å². The molecule has 2 aromatic rings. The largest absolute Gasteiger partial charge is 0.496 e. The fourth-order valence-corrected chi connectivity index (χ4v) is 6.26. The van der Waals surface area contributed by atoms with Gasteiger partial charge in [0.15, 0.2) is 57.9 Å². The number of rotatable bonds is 9. The molecule has 3 unspecified atom stereocenters. The summed E-state index contributed by atoms with van der Waals surface area (Å²) in [7, 11) is 8.15. The molecule has 0 radical (unpaired) electrons. The predicted octanol–water partition coefficient (Wildman–Crippen LogP) is 7.29. The van der Waals surface area contributed by atoms with E-state index >= 15 is 0 Å². The van der Waals surface area contributed by atoms with E-state index < -0.39 is 58.8 Å². The van der Waals surface area contributed by atoms with Gasteiger partial charge in [-0.25, -0.2) is 26.3 Å². The third-order valence-electron chi connectivity index (χ3n) is 8.09. The van der Waals surface area contributed by atoms with Crippen molar-refractivity contribution in [2.24, 2.45) is 5.92 Å². The first-order valence-electron chi connectivity index (χ1n) is 13.4. The van der Waals surface area contributed by atoms with Gasteiger partial charge in [0.25, 0.3) is 0 Å². The van der Waals surface area contributed by atoms with Gasteiger partial charge < -0.3 is 28.4 Å². The molecule has 0 saturated heterocycles. The fraction of sp³-hybridized carbons (Fsp3) is 0.375. The topological polar surface area (TPSA) is 55.4 Å². The molecule has 44 heavy (non-hydrogen) atoms. The molecular weight excluding hydrogens is 594 g/mol. The highest BCUT2D eigenvalue weighted by atomic mass is 19.2. The summed E-state index contributed by atoms with van der Waals surface area (Å²) in [5.74, 6) is -10.8. The van der Waals surface area contributed by atoms with Crippen molar-refractivity contribution < 1.29 is 54.8 Å². The number of allylic oxidation sites excluding steroid dienone is 2. The molecule has 0 aliphatic heterocycles. The lowest BCUT2D eigenvalue weighted by Crippen LogP contribution is -2.34. The Bertz CT molecular complexity index is 1550. The molecule has 4 atom stereocenters. The minimum absolute atomic E-state index is 0.0333. The van der Waals surface area contributed by atoms with Gasteiger partial charge in [-0.15, -0.1) is 0 Å². The van der Waals surface area contributed by atoms with Crippen LogP contribution in [0.4, 0.5) is 26.3 Å². The van der Waals surface area contributed by atoms with Crippen LogP contribution in [0.2, 0.25) is 0 Å². The van der Waals surface area contributed by atoms with Gasteiger partial charge in [-0.3, -0.25) is 0 Å². The standard InChI is InChI=1S/C32H32F6O6/c1-13-21(15-9-17(33)25(37)18(34)10-15)27(39-3)31(43-7)29(41-5)23(13)24-14(2)22(16-11-19(35)26(38)20(36)12-16)28(40-4)32(44-8)30(24)42-6/h9-13,21-22,28H,1-8H3/t13?,21?,22?,28-/m0/s1. The summed E-state index contributed by atoms with van der Waals surface area (Å²) in [4.78, 5) is 0. The minimum Gasteiger partial charge on any atom is -0.496 e. The maximum absolute atomic E-state index is 14.5. The highest BCUT2D eigenvalue weighted by molar-refractivity contribution is 5.61. The molecule has 12 heteroatoms. The number of benzene rings is 2. The summed E-state index contributed by atoms with van der Waals surface area (Å²) in [6.45, 7) is 3.39. The van der Waals surface area contributed by atoms with E-state index in [-0.39, 0.29) is 39.9 Å². The third kappa shape index (κ3) is 5.18. The second-order valence-electron chi connectivity index (χ2n) is 10.2. The molecule has 0 spiro atoms. The lowest BCUT2D eigenvalue weighted by molar-refractivity contribution is 0.0519. The average molecular weight is 627 g/mol. The molecule has 2 aromatic carbocycles. The lowest BCUT2D eigenvalue weighted by atomic mass is 9.69. The Morgan fingerprint density at radius 3 is 1.36 bits per heavy atom. The average Bonchev–Trinajstić information content (AvgIpc) is 3.00. The van der Waals surface area contributed by atoms with Gasteiger partial charge >= 0.3 is 0 Å². The highest BCUT2D eigenvalue weighted by Crippen LogP contribution is 2.53. The van der Waals surface area contributed by atoms with E-state index in [1.807, 2.05) is 0 Å². The van der Waals surface area contributed by atoms with Gasteiger partial charge in [0.1, 0.15) is 11.9 Å². The SMILES string of the molecule is COC1=C(C2=C(C)C(c3cc(F)c(F)c(F)c3)[C@H](OC)C(OC)=C2OC)C(C)C(c2cc(F)c(F)c(F)c2)C(OC)=C1OC. The summed E-state index contributed by atoms with van der Waals surface area (Å²) in [6.07, 6.45) is -0.975. The molecule has 2 aliphatic carbocycles. The Hall–Kier alpha value is -4.06. The van der Waals surface area contributed by atoms with Crippen LogP contribution < -0.4 is 0 Å². The third-order valence-corrected chi connectivity index (χ3v) is 8.09. The molecule has 238 valence electrons. The van der Waals surface area contributed by atoms with Gasteiger partial charge in [0, 0.05) is 24.2 Å². The van der Waals surface area contributed by atoms with Gasteiger partial charge in [0.2, 0.25) is 0 Å². The Morgan fingerprint density at radius 1 is 0.545 bits per heavy atom. The van der Waals surface area contributed by atoms with Crippen LogP contribution in [0.15, 0.2) is 69.8 Å². The van der Waals surface area contributed by atoms with E-state index in [0.717, 1.165) is 24.3 Å². The molecule has 0 heterocycles. The van der Waals surface area contributed by atoms with Crippen molar-refractivity contribution in [2.45, 2.75) is 31.8 Å². The zero-order chi connectivity index (χ0) is 32.6. The highest BCUT2D eigenvalue weighted by Gasteiger charge is 2.47. The van der Waals surface area contributed by atoms with E-state index in [0.29, 0.717) is 16.7 Å². The lowest BCUT2D eigenvalue weighted by Gasteiger charge is -2.40. The second-order valence-corrected chi connectivity index (χ2v) is 10.2. The van der Waals surface area contributed by atoms with Gasteiger partial charge in [-0.05, 0) is 48.2 Å². The molecule has 0 fully saturated rings. The first-order chi connectivity index (χ1) is 20.9. The normalized spacial score (nSPS) is 22.5. The van der Waals surface area contributed by atoms with E-state index in [9.17, 15) is 26.3 Å². The molecule has 0 amide bonds. The van der Waals surface area contributed by atoms with E-state index in [2.05, 4.69) is 0 Å². The van der Waals surface area contributed by atoms with Gasteiger partial charge in [-0.2, -0.15) is 0 Å². The molecule has 4 rings (SSSR count). The van der Waals surface area contributed by atoms with Crippen LogP contribution >= 0.6 is 0 Å². The maximum atomic E-state index is 14.5. The van der Waals surface area contributed by atoms with Crippen molar-refractivity contribution in [3.63, 3.8) is 0 Å². The first kappa shape index (κ1) is 32.8. The Morgan fingerprint density at radius 2 is 0.977 bits per heavy atom. The number of methoxy groups -OCH3 is 6. The quantitative estimate of drug-likeness (QED) is 0.215. The molecule has 2 aliphatic rings. The fourth-order valence-electron chi connectivity index (χ4n) is 6.26. The van der Waals surface area contributed by atoms with Crippen LogP contribution in [0.1, 0.15) is 36.8 Å². The van der Waals surface area contributed by atoms with Crippen molar-refractivity contribution >= 4 is 0 Å². The summed E-state index contributed by atoms with van der Waals surface area (Å²) < 4.78 is 121. The molecule has 0 aromatic heterocycles. The van der Waals surface area contributed by atoms with Crippen molar-refractivity contribution in [1.82, 2.24) is 0 Å². The Labute approximate surface area is 251 Å². The Balaban J connectivity index is 2.12. The summed E-state index contributed by atoms with van der Waals surface area (Å²) in [5, 5.41) is 0. The summed E-state index contributed by atoms with van der Waals surface area (Å²) in [6, 6.07) is 3.47. The van der Waals surface area contributed by atoms with Crippen LogP contribution in [0.5, 0.6) is 0 Å². The molecule has 0 bridgehead atoms. The summed E-state index contributed by atoms with van der Waals surface area (Å²) >= 11 is 0. The number of hydrogen-bond donors (Lipinski definition) is 0. The zero-order valence-corrected chi connectivity index (χ0v) is 25.3. The smallest absolute Gasteiger partial charge is 0.199 e. The Kier molecular flexibility index (Phi) is 9.62. The number of hydrogen-bond acceptors (Lipinski definition) is 6. The van der Waals surface area contributed by atoms with Gasteiger partial charge in [0.05, 0.1) is 41.5 Å². The number of halogens is 6. The number of ether oxygens (including phenoxy) is 6. The molecule has 6 nitrogen and oxygen atoms in total. The molecule has 0 N–H and O–H groups in total. The van der Waals surface area contributed by atoms with Crippen molar-refractivity contribution in [1.29, 1.82) is 0 Å². The van der Waals surface area contributed by atoms with Crippen LogP contribution in [0.25, 0.3) is 0 Å². The minimum atomic E-state index is -1.63. The van der Waals surface area contributed by atoms with Crippen LogP contribution in [0, 0.1) is 40.8 Å². The zero-order valence-electron chi connectivity index (χ0n) is 25.3. The van der Waals surface area contributed by atoms with Crippen LogP contribution in [0.3, 0.4) is 0 Å². The molecular formula is C32H32F6O6. The van der Waals surface area contributed by atoms with Crippen LogP contribution in [-0.4, -0.2) is 48.8 Å². The molecule has 0 saturated carbocycles. The van der Waals surface area contributed by atoms with Crippen molar-refractivity contribution in [3.8, 4) is 0 Å². The van der Waals surface area contributed by atoms with Crippen LogP contribution in [-0.2, 0) is 28.4 Å². The first-order valence-corrected chi connectivity index (χ1v) is 13.4. The van der Waals surface area contributed by atoms with E-state index in [1.165, 1.54) is 42.7 Å². The predicted molar refractivity (Wildman–Crippen MR) is 147 cm³/mol. The maximum Gasteiger partial charge on any atom is 0.199 e.